The summed E-state index contributed by atoms with van der Waals surface area (Å²) in [4.78, 5) is 9.95. The fraction of sp³-hybridized carbons (Fsp3) is 0. The van der Waals surface area contributed by atoms with E-state index in [4.69, 9.17) is 10.5 Å². The Morgan fingerprint density at radius 1 is 1.47 bits per heavy atom. The lowest BCUT2D eigenvalue weighted by atomic mass is 10.1. The summed E-state index contributed by atoms with van der Waals surface area (Å²) >= 11 is 2.95. The molecule has 1 N–H and O–H groups in total. The maximum Gasteiger partial charge on any atom is 0.271 e. The smallest absolute Gasteiger partial charge is 0.271 e. The van der Waals surface area contributed by atoms with Crippen LogP contribution in [-0.4, -0.2) is 10.0 Å². The second-order valence-corrected chi connectivity index (χ2v) is 3.76. The highest BCUT2D eigenvalue weighted by atomic mass is 79.9. The maximum absolute atomic E-state index is 10.6. The van der Waals surface area contributed by atoms with Crippen LogP contribution >= 0.6 is 15.9 Å². The summed E-state index contributed by atoms with van der Waals surface area (Å²) in [5, 5.41) is 37.3. The zero-order chi connectivity index (χ0) is 13.0. The van der Waals surface area contributed by atoms with Gasteiger partial charge in [0.25, 0.3) is 5.69 Å². The lowest BCUT2D eigenvalue weighted by Gasteiger charge is -2.02. The number of hydrogen-bond donors (Lipinski definition) is 1. The van der Waals surface area contributed by atoms with Gasteiger partial charge in [-0.15, -0.1) is 0 Å². The van der Waals surface area contributed by atoms with Gasteiger partial charge in [0.2, 0.25) is 0 Å². The summed E-state index contributed by atoms with van der Waals surface area (Å²) in [5.41, 5.74) is -0.479. The Hall–Kier alpha value is -2.38. The number of rotatable bonds is 2. The lowest BCUT2D eigenvalue weighted by molar-refractivity contribution is -0.385. The quantitative estimate of drug-likeness (QED) is 0.511. The molecule has 0 fully saturated rings. The highest BCUT2D eigenvalue weighted by Gasteiger charge is 2.13. The third-order valence-corrected chi connectivity index (χ3v) is 2.43. The van der Waals surface area contributed by atoms with Crippen molar-refractivity contribution in [3.05, 3.63) is 37.9 Å². The van der Waals surface area contributed by atoms with E-state index in [9.17, 15) is 15.2 Å². The molecule has 0 bridgehead atoms. The van der Waals surface area contributed by atoms with E-state index in [0.29, 0.717) is 0 Å². The van der Waals surface area contributed by atoms with Gasteiger partial charge in [-0.25, -0.2) is 0 Å². The normalized spacial score (nSPS) is 8.88. The van der Waals surface area contributed by atoms with Crippen LogP contribution in [0.4, 0.5) is 5.69 Å². The van der Waals surface area contributed by atoms with E-state index in [-0.39, 0.29) is 27.0 Å². The number of non-ortho nitro benzene ring substituents is 1. The van der Waals surface area contributed by atoms with Crippen LogP contribution in [0.5, 0.6) is 5.75 Å². The molecule has 0 saturated heterocycles. The number of phenolic OH excluding ortho intramolecular Hbond substituents is 1. The van der Waals surface area contributed by atoms with Crippen LogP contribution in [0.3, 0.4) is 0 Å². The first kappa shape index (κ1) is 12.7. The van der Waals surface area contributed by atoms with Crippen molar-refractivity contribution in [2.45, 2.75) is 0 Å². The third-order valence-electron chi connectivity index (χ3n) is 1.83. The first-order chi connectivity index (χ1) is 7.99. The predicted octanol–water partition coefficient (Wildman–Crippen LogP) is 2.49. The van der Waals surface area contributed by atoms with Crippen molar-refractivity contribution in [2.24, 2.45) is 0 Å². The number of phenols is 1. The molecular weight excluding hydrogens is 290 g/mol. The zero-order valence-corrected chi connectivity index (χ0v) is 9.80. The van der Waals surface area contributed by atoms with Gasteiger partial charge in [0, 0.05) is 17.7 Å². The van der Waals surface area contributed by atoms with Crippen LogP contribution in [-0.2, 0) is 0 Å². The van der Waals surface area contributed by atoms with Crippen LogP contribution < -0.4 is 0 Å². The van der Waals surface area contributed by atoms with Crippen LogP contribution in [0.15, 0.2) is 22.2 Å². The van der Waals surface area contributed by atoms with Crippen molar-refractivity contribution in [3.8, 4) is 17.9 Å². The summed E-state index contributed by atoms with van der Waals surface area (Å²) in [7, 11) is 0. The van der Waals surface area contributed by atoms with Crippen molar-refractivity contribution in [2.75, 3.05) is 0 Å². The van der Waals surface area contributed by atoms with Gasteiger partial charge in [0.1, 0.15) is 23.5 Å². The summed E-state index contributed by atoms with van der Waals surface area (Å²) in [6.07, 6.45) is 1.08. The molecule has 1 aromatic rings. The molecule has 0 aromatic heterocycles. The molecule has 0 radical (unpaired) electrons. The Balaban J connectivity index is 3.45. The van der Waals surface area contributed by atoms with Crippen molar-refractivity contribution in [3.63, 3.8) is 0 Å². The van der Waals surface area contributed by atoms with Gasteiger partial charge in [-0.3, -0.25) is 10.1 Å². The molecule has 0 unspecified atom stereocenters. The molecular formula is C10H4BrN3O3. The van der Waals surface area contributed by atoms with E-state index >= 15 is 0 Å². The molecule has 7 heteroatoms. The summed E-state index contributed by atoms with van der Waals surface area (Å²) in [6.45, 7) is 0. The number of aromatic hydroxyl groups is 1. The second kappa shape index (κ2) is 5.10. The molecule has 0 spiro atoms. The van der Waals surface area contributed by atoms with E-state index in [2.05, 4.69) is 15.9 Å². The minimum Gasteiger partial charge on any atom is -0.506 e. The summed E-state index contributed by atoms with van der Waals surface area (Å²) in [6, 6.07) is 5.41. The van der Waals surface area contributed by atoms with E-state index in [0.717, 1.165) is 18.2 Å². The number of nitriles is 2. The Morgan fingerprint density at radius 3 is 2.53 bits per heavy atom. The maximum atomic E-state index is 10.6. The van der Waals surface area contributed by atoms with Crippen molar-refractivity contribution in [1.29, 1.82) is 10.5 Å². The van der Waals surface area contributed by atoms with Crippen LogP contribution in [0.1, 0.15) is 5.56 Å². The molecule has 0 aliphatic rings. The minimum absolute atomic E-state index is 0.0316. The molecule has 0 aliphatic heterocycles. The van der Waals surface area contributed by atoms with Gasteiger partial charge < -0.3 is 5.11 Å². The average Bonchev–Trinajstić information content (AvgIpc) is 2.30. The number of benzene rings is 1. The largest absolute Gasteiger partial charge is 0.506 e. The Morgan fingerprint density at radius 2 is 2.06 bits per heavy atom. The van der Waals surface area contributed by atoms with Crippen LogP contribution in [0.25, 0.3) is 6.08 Å². The van der Waals surface area contributed by atoms with Gasteiger partial charge in [-0.05, 0) is 22.0 Å². The fourth-order valence-electron chi connectivity index (χ4n) is 1.07. The molecule has 1 aromatic carbocycles. The summed E-state index contributed by atoms with van der Waals surface area (Å²) < 4.78 is 0.119. The number of halogens is 1. The molecule has 0 saturated carbocycles. The van der Waals surface area contributed by atoms with Gasteiger partial charge >= 0.3 is 0 Å². The van der Waals surface area contributed by atoms with Gasteiger partial charge in [0.15, 0.2) is 0 Å². The Labute approximate surface area is 104 Å². The van der Waals surface area contributed by atoms with E-state index in [1.54, 1.807) is 12.1 Å². The predicted molar refractivity (Wildman–Crippen MR) is 61.7 cm³/mol. The number of hydrogen-bond acceptors (Lipinski definition) is 5. The second-order valence-electron chi connectivity index (χ2n) is 2.90. The van der Waals surface area contributed by atoms with Crippen molar-refractivity contribution < 1.29 is 10.0 Å². The van der Waals surface area contributed by atoms with Crippen molar-refractivity contribution in [1.82, 2.24) is 0 Å². The van der Waals surface area contributed by atoms with Crippen molar-refractivity contribution >= 4 is 27.7 Å². The van der Waals surface area contributed by atoms with Crippen LogP contribution in [0, 0.1) is 32.8 Å². The SMILES string of the molecule is N#CC(C#N)=Cc1cc([N+](=O)[O-])cc(Br)c1O. The van der Waals surface area contributed by atoms with Gasteiger partial charge in [0.05, 0.1) is 9.40 Å². The van der Waals surface area contributed by atoms with E-state index in [1.807, 2.05) is 0 Å². The third kappa shape index (κ3) is 2.80. The number of nitrogens with zero attached hydrogens (tertiary/aromatic N) is 3. The van der Waals surface area contributed by atoms with Gasteiger partial charge in [-0.1, -0.05) is 0 Å². The molecule has 0 amide bonds. The zero-order valence-electron chi connectivity index (χ0n) is 8.22. The molecule has 0 aliphatic carbocycles. The first-order valence-corrected chi connectivity index (χ1v) is 4.97. The summed E-state index contributed by atoms with van der Waals surface area (Å²) in [5.74, 6) is -0.265. The monoisotopic (exact) mass is 293 g/mol. The standard InChI is InChI=1S/C10H4BrN3O3/c11-9-3-8(14(16)17)2-7(10(9)15)1-6(4-12)5-13/h1-3,15H. The first-order valence-electron chi connectivity index (χ1n) is 4.18. The topological polar surface area (TPSA) is 111 Å². The Kier molecular flexibility index (Phi) is 3.81. The average molecular weight is 294 g/mol. The minimum atomic E-state index is -0.639. The fourth-order valence-corrected chi connectivity index (χ4v) is 1.53. The molecule has 84 valence electrons. The number of allylic oxidation sites excluding steroid dienone is 1. The molecule has 0 heterocycles. The van der Waals surface area contributed by atoms with Gasteiger partial charge in [-0.2, -0.15) is 10.5 Å². The number of nitro groups is 1. The highest BCUT2D eigenvalue weighted by molar-refractivity contribution is 9.10. The van der Waals surface area contributed by atoms with E-state index < -0.39 is 4.92 Å². The molecule has 0 atom stereocenters. The Bertz CT molecular complexity index is 580. The molecule has 17 heavy (non-hydrogen) atoms. The van der Waals surface area contributed by atoms with Crippen LogP contribution in [0.2, 0.25) is 0 Å². The van der Waals surface area contributed by atoms with E-state index in [1.165, 1.54) is 0 Å². The lowest BCUT2D eigenvalue weighted by Crippen LogP contribution is -1.90. The number of nitro benzene ring substituents is 1. The molecule has 6 nitrogen and oxygen atoms in total. The molecule has 1 rings (SSSR count). The highest BCUT2D eigenvalue weighted by Crippen LogP contribution is 2.33.